The normalized spacial score (nSPS) is 17.1. The highest BCUT2D eigenvalue weighted by atomic mass is 16.3. The average molecular weight is 338 g/mol. The fraction of sp³-hybridized carbons (Fsp3) is 0.350. The van der Waals surface area contributed by atoms with Crippen LogP contribution in [0.3, 0.4) is 0 Å². The zero-order valence-corrected chi connectivity index (χ0v) is 14.3. The lowest BCUT2D eigenvalue weighted by atomic mass is 10.0. The van der Waals surface area contributed by atoms with Crippen molar-refractivity contribution in [3.05, 3.63) is 60.2 Å². The Kier molecular flexibility index (Phi) is 4.32. The van der Waals surface area contributed by atoms with E-state index in [2.05, 4.69) is 24.4 Å². The maximum atomic E-state index is 12.3. The van der Waals surface area contributed by atoms with Crippen LogP contribution < -0.4 is 5.32 Å². The Bertz CT molecular complexity index is 812. The lowest BCUT2D eigenvalue weighted by molar-refractivity contribution is 0.0700. The molecule has 5 heteroatoms. The molecule has 1 fully saturated rings. The molecular weight excluding hydrogens is 316 g/mol. The number of likely N-dealkylation sites (tertiary alicyclic amines) is 1. The minimum absolute atomic E-state index is 0.0533. The van der Waals surface area contributed by atoms with E-state index in [-0.39, 0.29) is 11.9 Å². The zero-order valence-electron chi connectivity index (χ0n) is 14.3. The molecule has 0 radical (unpaired) electrons. The van der Waals surface area contributed by atoms with Crippen molar-refractivity contribution in [3.8, 4) is 0 Å². The van der Waals surface area contributed by atoms with Gasteiger partial charge in [-0.15, -0.1) is 0 Å². The maximum Gasteiger partial charge on any atom is 0.257 e. The summed E-state index contributed by atoms with van der Waals surface area (Å²) in [6, 6.07) is 12.4. The highest BCUT2D eigenvalue weighted by Crippen LogP contribution is 2.25. The molecule has 0 unspecified atom stereocenters. The average Bonchev–Trinajstić information content (AvgIpc) is 3.31. The quantitative estimate of drug-likeness (QED) is 0.782. The van der Waals surface area contributed by atoms with Gasteiger partial charge in [-0.1, -0.05) is 18.2 Å². The van der Waals surface area contributed by atoms with E-state index in [1.54, 1.807) is 6.07 Å². The van der Waals surface area contributed by atoms with Crippen LogP contribution in [0, 0.1) is 0 Å². The van der Waals surface area contributed by atoms with Gasteiger partial charge >= 0.3 is 0 Å². The first kappa shape index (κ1) is 16.0. The van der Waals surface area contributed by atoms with Crippen molar-refractivity contribution in [2.45, 2.75) is 31.8 Å². The molecule has 1 aliphatic heterocycles. The first-order valence-electron chi connectivity index (χ1n) is 8.77. The Balaban J connectivity index is 1.34. The van der Waals surface area contributed by atoms with Crippen LogP contribution in [-0.2, 0) is 0 Å². The summed E-state index contributed by atoms with van der Waals surface area (Å²) in [7, 11) is 0. The molecule has 1 N–H and O–H groups in total. The number of benzene rings is 1. The van der Waals surface area contributed by atoms with Gasteiger partial charge in [-0.2, -0.15) is 0 Å². The summed E-state index contributed by atoms with van der Waals surface area (Å²) < 4.78 is 10.9. The second-order valence-electron chi connectivity index (χ2n) is 6.65. The number of hydrogen-bond donors (Lipinski definition) is 1. The zero-order chi connectivity index (χ0) is 17.2. The van der Waals surface area contributed by atoms with Crippen LogP contribution in [0.2, 0.25) is 0 Å². The molecule has 3 heterocycles. The van der Waals surface area contributed by atoms with Gasteiger partial charge in [0.1, 0.15) is 17.6 Å². The number of nitrogens with one attached hydrogen (secondary N) is 1. The minimum Gasteiger partial charge on any atom is -0.472 e. The number of carbonyl (C=O) groups excluding carboxylic acids is 1. The van der Waals surface area contributed by atoms with Gasteiger partial charge in [0.25, 0.3) is 5.91 Å². The predicted octanol–water partition coefficient (Wildman–Crippen LogP) is 3.98. The number of fused-ring (bicyclic) bond motifs is 1. The molecule has 1 saturated heterocycles. The first-order valence-corrected chi connectivity index (χ1v) is 8.77. The van der Waals surface area contributed by atoms with Gasteiger partial charge in [0.2, 0.25) is 0 Å². The van der Waals surface area contributed by atoms with Crippen LogP contribution in [-0.4, -0.2) is 29.9 Å². The van der Waals surface area contributed by atoms with E-state index < -0.39 is 0 Å². The summed E-state index contributed by atoms with van der Waals surface area (Å²) >= 11 is 0. The summed E-state index contributed by atoms with van der Waals surface area (Å²) in [5.41, 5.74) is 1.55. The van der Waals surface area contributed by atoms with Crippen molar-refractivity contribution in [1.29, 1.82) is 0 Å². The fourth-order valence-electron chi connectivity index (χ4n) is 3.47. The molecule has 1 aliphatic rings. The molecule has 3 aromatic rings. The van der Waals surface area contributed by atoms with Gasteiger partial charge < -0.3 is 19.1 Å². The highest BCUT2D eigenvalue weighted by molar-refractivity contribution is 5.93. The predicted molar refractivity (Wildman–Crippen MR) is 95.4 cm³/mol. The third-order valence-corrected chi connectivity index (χ3v) is 4.91. The Morgan fingerprint density at radius 3 is 2.76 bits per heavy atom. The van der Waals surface area contributed by atoms with Crippen molar-refractivity contribution >= 4 is 16.9 Å². The van der Waals surface area contributed by atoms with E-state index in [0.717, 1.165) is 42.7 Å². The van der Waals surface area contributed by atoms with Crippen molar-refractivity contribution in [2.24, 2.45) is 0 Å². The van der Waals surface area contributed by atoms with Gasteiger partial charge in [0.15, 0.2) is 0 Å². The van der Waals surface area contributed by atoms with E-state index in [1.165, 1.54) is 12.5 Å². The number of para-hydroxylation sites is 1. The molecule has 5 nitrogen and oxygen atoms in total. The molecule has 130 valence electrons. The van der Waals surface area contributed by atoms with E-state index in [9.17, 15) is 4.79 Å². The first-order chi connectivity index (χ1) is 12.2. The summed E-state index contributed by atoms with van der Waals surface area (Å²) in [6.45, 7) is 3.64. The summed E-state index contributed by atoms with van der Waals surface area (Å²) in [4.78, 5) is 14.2. The van der Waals surface area contributed by atoms with Crippen LogP contribution in [0.25, 0.3) is 11.0 Å². The van der Waals surface area contributed by atoms with Gasteiger partial charge in [-0.25, -0.2) is 0 Å². The number of rotatable bonds is 4. The third-order valence-electron chi connectivity index (χ3n) is 4.91. The Morgan fingerprint density at radius 1 is 1.24 bits per heavy atom. The molecule has 1 aromatic carbocycles. The van der Waals surface area contributed by atoms with Crippen molar-refractivity contribution in [2.75, 3.05) is 13.1 Å². The molecule has 0 bridgehead atoms. The largest absolute Gasteiger partial charge is 0.472 e. The van der Waals surface area contributed by atoms with Crippen LogP contribution in [0.4, 0.5) is 0 Å². The highest BCUT2D eigenvalue weighted by Gasteiger charge is 2.25. The molecular formula is C20H22N2O3. The van der Waals surface area contributed by atoms with E-state index in [0.29, 0.717) is 11.6 Å². The third kappa shape index (κ3) is 3.33. The number of hydrogen-bond acceptors (Lipinski definition) is 4. The van der Waals surface area contributed by atoms with E-state index in [1.807, 2.05) is 23.1 Å². The van der Waals surface area contributed by atoms with Crippen molar-refractivity contribution in [3.63, 3.8) is 0 Å². The summed E-state index contributed by atoms with van der Waals surface area (Å²) in [5, 5.41) is 4.77. The summed E-state index contributed by atoms with van der Waals surface area (Å²) in [6.07, 6.45) is 4.93. The second-order valence-corrected chi connectivity index (χ2v) is 6.65. The summed E-state index contributed by atoms with van der Waals surface area (Å²) in [5.74, 6) is 1.01. The molecule has 0 saturated carbocycles. The van der Waals surface area contributed by atoms with Crippen LogP contribution in [0.15, 0.2) is 57.8 Å². The van der Waals surface area contributed by atoms with Gasteiger partial charge in [0.05, 0.1) is 17.9 Å². The molecule has 1 atom stereocenters. The smallest absolute Gasteiger partial charge is 0.257 e. The fourth-order valence-corrected chi connectivity index (χ4v) is 3.47. The molecule has 0 aliphatic carbocycles. The van der Waals surface area contributed by atoms with Gasteiger partial charge in [-0.3, -0.25) is 4.79 Å². The number of nitrogens with zero attached hydrogens (tertiary/aromatic N) is 1. The number of piperidine rings is 1. The van der Waals surface area contributed by atoms with Gasteiger partial charge in [-0.05, 0) is 38.0 Å². The lowest BCUT2D eigenvalue weighted by Crippen LogP contribution is -2.45. The topological polar surface area (TPSA) is 58.6 Å². The van der Waals surface area contributed by atoms with Crippen LogP contribution >= 0.6 is 0 Å². The molecule has 4 rings (SSSR count). The molecule has 2 aromatic heterocycles. The Labute approximate surface area is 146 Å². The molecule has 25 heavy (non-hydrogen) atoms. The van der Waals surface area contributed by atoms with Gasteiger partial charge in [0, 0.05) is 24.5 Å². The van der Waals surface area contributed by atoms with Crippen LogP contribution in [0.1, 0.15) is 41.9 Å². The standard InChI is InChI=1S/C20H22N2O3/c1-14(19-12-15-4-2-3-5-18(15)25-19)21-17-6-9-22(10-7-17)20(23)16-8-11-24-13-16/h2-5,8,11-14,17,21H,6-7,9-10H2,1H3/t14-/m0/s1. The molecule has 0 spiro atoms. The SMILES string of the molecule is C[C@H](NC1CCN(C(=O)c2ccoc2)CC1)c1cc2ccccc2o1. The monoisotopic (exact) mass is 338 g/mol. The number of carbonyl (C=O) groups is 1. The number of amides is 1. The van der Waals surface area contributed by atoms with Crippen molar-refractivity contribution < 1.29 is 13.6 Å². The second kappa shape index (κ2) is 6.76. The minimum atomic E-state index is 0.0533. The number of furan rings is 2. The van der Waals surface area contributed by atoms with E-state index in [4.69, 9.17) is 8.83 Å². The Morgan fingerprint density at radius 2 is 2.04 bits per heavy atom. The van der Waals surface area contributed by atoms with Crippen molar-refractivity contribution in [1.82, 2.24) is 10.2 Å². The maximum absolute atomic E-state index is 12.3. The van der Waals surface area contributed by atoms with Crippen LogP contribution in [0.5, 0.6) is 0 Å². The van der Waals surface area contributed by atoms with E-state index >= 15 is 0 Å². The Hall–Kier alpha value is -2.53. The lowest BCUT2D eigenvalue weighted by Gasteiger charge is -2.33. The molecule has 1 amide bonds.